The second-order valence-electron chi connectivity index (χ2n) is 5.56. The Morgan fingerprint density at radius 2 is 1.56 bits per heavy atom. The fraction of sp³-hybridized carbons (Fsp3) is 0.0476. The van der Waals surface area contributed by atoms with E-state index in [0.29, 0.717) is 5.56 Å². The Kier molecular flexibility index (Phi) is 3.93. The normalized spacial score (nSPS) is 10.7. The molecule has 3 nitrogen and oxygen atoms in total. The lowest BCUT2D eigenvalue weighted by Gasteiger charge is -2.00. The average molecular weight is 344 g/mol. The molecule has 0 aliphatic heterocycles. The maximum atomic E-state index is 12.1. The predicted molar refractivity (Wildman–Crippen MR) is 101 cm³/mol. The van der Waals surface area contributed by atoms with E-state index in [2.05, 4.69) is 48.5 Å². The molecule has 0 amide bonds. The van der Waals surface area contributed by atoms with E-state index in [1.165, 1.54) is 20.2 Å². The Hall–Kier alpha value is -3.16. The van der Waals surface area contributed by atoms with Gasteiger partial charge in [-0.05, 0) is 36.4 Å². The van der Waals surface area contributed by atoms with E-state index in [1.807, 2.05) is 24.3 Å². The SMILES string of the molecule is N#CCOC(=O)c1cccc(-[s+]2c3ccccc3c3ccccc32)c1. The maximum absolute atomic E-state index is 12.1. The van der Waals surface area contributed by atoms with Crippen LogP contribution in [0.25, 0.3) is 25.1 Å². The maximum Gasteiger partial charge on any atom is 0.339 e. The summed E-state index contributed by atoms with van der Waals surface area (Å²) >= 11 is 0. The summed E-state index contributed by atoms with van der Waals surface area (Å²) in [5.41, 5.74) is 0.474. The molecule has 0 spiro atoms. The van der Waals surface area contributed by atoms with Crippen molar-refractivity contribution in [1.82, 2.24) is 0 Å². The van der Waals surface area contributed by atoms with E-state index in [-0.39, 0.29) is 17.1 Å². The molecule has 0 radical (unpaired) electrons. The van der Waals surface area contributed by atoms with Gasteiger partial charge in [-0.2, -0.15) is 5.26 Å². The third kappa shape index (κ3) is 2.65. The van der Waals surface area contributed by atoms with E-state index in [4.69, 9.17) is 10.00 Å². The highest BCUT2D eigenvalue weighted by Gasteiger charge is 2.23. The minimum Gasteiger partial charge on any atom is -0.447 e. The standard InChI is InChI=1S/C21H14NO2S/c22-12-13-24-21(23)15-6-5-7-16(14-15)25-19-10-3-1-8-17(19)18-9-2-4-11-20(18)25/h1-11,14H,13H2/q+1. The van der Waals surface area contributed by atoms with Gasteiger partial charge in [-0.15, -0.1) is 0 Å². The summed E-state index contributed by atoms with van der Waals surface area (Å²) in [6.45, 7) is -0.236. The van der Waals surface area contributed by atoms with Gasteiger partial charge in [0.25, 0.3) is 0 Å². The second kappa shape index (κ2) is 6.39. The summed E-state index contributed by atoms with van der Waals surface area (Å²) in [4.78, 5) is 13.2. The van der Waals surface area contributed by atoms with Crippen molar-refractivity contribution in [2.75, 3.05) is 6.61 Å². The zero-order valence-electron chi connectivity index (χ0n) is 13.3. The largest absolute Gasteiger partial charge is 0.447 e. The molecule has 0 bridgehead atoms. The molecular formula is C21H14NO2S+. The van der Waals surface area contributed by atoms with Crippen LogP contribution in [0.1, 0.15) is 10.4 Å². The first-order chi connectivity index (χ1) is 12.3. The number of rotatable bonds is 3. The molecule has 0 saturated heterocycles. The lowest BCUT2D eigenvalue weighted by atomic mass is 10.2. The molecule has 0 saturated carbocycles. The second-order valence-corrected chi connectivity index (χ2v) is 7.52. The molecule has 0 atom stereocenters. The Balaban J connectivity index is 1.93. The van der Waals surface area contributed by atoms with Gasteiger partial charge in [-0.25, -0.2) is 4.79 Å². The van der Waals surface area contributed by atoms with Gasteiger partial charge >= 0.3 is 5.97 Å². The van der Waals surface area contributed by atoms with Crippen molar-refractivity contribution in [3.63, 3.8) is 0 Å². The zero-order chi connectivity index (χ0) is 17.2. The molecule has 1 heterocycles. The average Bonchev–Trinajstić information content (AvgIpc) is 3.01. The lowest BCUT2D eigenvalue weighted by molar-refractivity contribution is 0.0555. The molecule has 25 heavy (non-hydrogen) atoms. The molecule has 120 valence electrons. The minimum absolute atomic E-state index is 0.236. The summed E-state index contributed by atoms with van der Waals surface area (Å²) < 4.78 is 7.48. The van der Waals surface area contributed by atoms with Gasteiger partial charge in [-0.1, -0.05) is 30.3 Å². The van der Waals surface area contributed by atoms with Crippen LogP contribution in [0.2, 0.25) is 0 Å². The van der Waals surface area contributed by atoms with Crippen LogP contribution >= 0.6 is 10.5 Å². The van der Waals surface area contributed by atoms with E-state index >= 15 is 0 Å². The van der Waals surface area contributed by atoms with Gasteiger partial charge in [0.1, 0.15) is 6.07 Å². The highest BCUT2D eigenvalue weighted by Crippen LogP contribution is 2.48. The minimum atomic E-state index is -0.465. The molecule has 0 fully saturated rings. The van der Waals surface area contributed by atoms with E-state index in [1.54, 1.807) is 6.07 Å². The smallest absolute Gasteiger partial charge is 0.339 e. The predicted octanol–water partition coefficient (Wildman–Crippen LogP) is 5.41. The van der Waals surface area contributed by atoms with Crippen LogP contribution in [0, 0.1) is 11.3 Å². The molecule has 0 aliphatic rings. The van der Waals surface area contributed by atoms with Crippen LogP contribution in [0.5, 0.6) is 0 Å². The number of carbonyl (C=O) groups excluding carboxylic acids is 1. The first-order valence-electron chi connectivity index (χ1n) is 7.86. The van der Waals surface area contributed by atoms with Crippen LogP contribution < -0.4 is 0 Å². The number of esters is 1. The Morgan fingerprint density at radius 3 is 2.20 bits per heavy atom. The van der Waals surface area contributed by atoms with Crippen molar-refractivity contribution >= 4 is 36.6 Å². The quantitative estimate of drug-likeness (QED) is 0.369. The highest BCUT2D eigenvalue weighted by molar-refractivity contribution is 7.50. The van der Waals surface area contributed by atoms with Crippen molar-refractivity contribution in [2.24, 2.45) is 0 Å². The van der Waals surface area contributed by atoms with Crippen molar-refractivity contribution < 1.29 is 9.53 Å². The molecule has 0 N–H and O–H groups in total. The van der Waals surface area contributed by atoms with Crippen LogP contribution in [-0.4, -0.2) is 12.6 Å². The fourth-order valence-corrected chi connectivity index (χ4v) is 5.47. The molecule has 4 heteroatoms. The van der Waals surface area contributed by atoms with E-state index < -0.39 is 5.97 Å². The van der Waals surface area contributed by atoms with Crippen LogP contribution in [0.4, 0.5) is 0 Å². The topological polar surface area (TPSA) is 50.1 Å². The molecule has 3 aromatic carbocycles. The molecule has 0 aliphatic carbocycles. The summed E-state index contributed by atoms with van der Waals surface area (Å²) in [5, 5.41) is 11.1. The molecule has 4 rings (SSSR count). The third-order valence-electron chi connectivity index (χ3n) is 4.08. The number of ether oxygens (including phenoxy) is 1. The summed E-state index contributed by atoms with van der Waals surface area (Å²) in [6.07, 6.45) is 0. The van der Waals surface area contributed by atoms with Gasteiger partial charge in [0.05, 0.1) is 5.56 Å². The van der Waals surface area contributed by atoms with E-state index in [9.17, 15) is 4.79 Å². The highest BCUT2D eigenvalue weighted by atomic mass is 32.2. The Bertz CT molecular complexity index is 1080. The van der Waals surface area contributed by atoms with Crippen LogP contribution in [0.15, 0.2) is 72.8 Å². The number of nitrogens with zero attached hydrogens (tertiary/aromatic N) is 1. The first-order valence-corrected chi connectivity index (χ1v) is 9.09. The van der Waals surface area contributed by atoms with Gasteiger partial charge in [0.2, 0.25) is 0 Å². The number of hydrogen-bond donors (Lipinski definition) is 0. The monoisotopic (exact) mass is 344 g/mol. The van der Waals surface area contributed by atoms with Crippen molar-refractivity contribution in [1.29, 1.82) is 5.26 Å². The summed E-state index contributed by atoms with van der Waals surface area (Å²) in [5.74, 6) is -0.465. The van der Waals surface area contributed by atoms with Crippen molar-refractivity contribution in [2.45, 2.75) is 0 Å². The molecule has 4 aromatic rings. The number of hydrogen-bond acceptors (Lipinski definition) is 3. The number of fused-ring (bicyclic) bond motifs is 3. The molecule has 0 unspecified atom stereocenters. The van der Waals surface area contributed by atoms with E-state index in [0.717, 1.165) is 4.90 Å². The number of benzene rings is 3. The fourth-order valence-electron chi connectivity index (χ4n) is 3.04. The van der Waals surface area contributed by atoms with Gasteiger partial charge < -0.3 is 4.74 Å². The lowest BCUT2D eigenvalue weighted by Crippen LogP contribution is -2.04. The van der Waals surface area contributed by atoms with Gasteiger partial charge in [0.15, 0.2) is 20.9 Å². The van der Waals surface area contributed by atoms with Crippen molar-refractivity contribution in [3.8, 4) is 11.0 Å². The number of carbonyl (C=O) groups is 1. The Labute approximate surface area is 147 Å². The summed E-state index contributed by atoms with van der Waals surface area (Å²) in [7, 11) is -0.246. The number of nitriles is 1. The first kappa shape index (κ1) is 15.4. The molecular weight excluding hydrogens is 330 g/mol. The third-order valence-corrected chi connectivity index (χ3v) is 6.39. The van der Waals surface area contributed by atoms with Gasteiger partial charge in [0, 0.05) is 27.3 Å². The van der Waals surface area contributed by atoms with Crippen LogP contribution in [0.3, 0.4) is 0 Å². The van der Waals surface area contributed by atoms with Crippen LogP contribution in [-0.2, 0) is 4.74 Å². The number of thiophene rings is 1. The molecule has 1 aromatic heterocycles. The summed E-state index contributed by atoms with van der Waals surface area (Å²) in [6, 6.07) is 26.1. The Morgan fingerprint density at radius 1 is 0.920 bits per heavy atom. The zero-order valence-corrected chi connectivity index (χ0v) is 14.1. The van der Waals surface area contributed by atoms with Crippen molar-refractivity contribution in [3.05, 3.63) is 78.4 Å². The van der Waals surface area contributed by atoms with Gasteiger partial charge in [-0.3, -0.25) is 0 Å².